The molecule has 0 spiro atoms. The van der Waals surface area contributed by atoms with Crippen LogP contribution in [0.5, 0.6) is 0 Å². The first-order valence-electron chi connectivity index (χ1n) is 14.0. The first kappa shape index (κ1) is 34.6. The second kappa shape index (κ2) is 18.0. The second-order valence-corrected chi connectivity index (χ2v) is 16.0. The number of aryl methyl sites for hydroxylation is 1. The van der Waals surface area contributed by atoms with E-state index < -0.39 is 20.5 Å². The van der Waals surface area contributed by atoms with Crippen molar-refractivity contribution in [2.45, 2.75) is 89.8 Å². The van der Waals surface area contributed by atoms with Crippen molar-refractivity contribution >= 4 is 55.1 Å². The van der Waals surface area contributed by atoms with Crippen LogP contribution in [0.3, 0.4) is 0 Å². The quantitative estimate of drug-likeness (QED) is 0.162. The minimum atomic E-state index is -1.37. The summed E-state index contributed by atoms with van der Waals surface area (Å²) in [6, 6.07) is 13.2. The molecule has 6 nitrogen and oxygen atoms in total. The molecule has 0 heterocycles. The monoisotopic (exact) mass is 644 g/mol. The van der Waals surface area contributed by atoms with E-state index in [4.69, 9.17) is 0 Å². The number of nitrogens with one attached hydrogen (secondary N) is 2. The van der Waals surface area contributed by atoms with Gasteiger partial charge in [0.1, 0.15) is 11.6 Å². The van der Waals surface area contributed by atoms with E-state index in [0.717, 1.165) is 41.8 Å². The molecule has 0 aliphatic heterocycles. The van der Waals surface area contributed by atoms with E-state index in [-0.39, 0.29) is 35.1 Å². The number of amides is 1. The van der Waals surface area contributed by atoms with Crippen molar-refractivity contribution in [1.82, 2.24) is 0 Å². The summed E-state index contributed by atoms with van der Waals surface area (Å²) in [4.78, 5) is 51.5. The third-order valence-corrected chi connectivity index (χ3v) is 8.64. The summed E-state index contributed by atoms with van der Waals surface area (Å²) in [5.41, 5.74) is 4.08. The van der Waals surface area contributed by atoms with Crippen molar-refractivity contribution < 1.29 is 19.2 Å². The summed E-state index contributed by atoms with van der Waals surface area (Å²) in [7, 11) is 0. The Morgan fingerprint density at radius 2 is 1.56 bits per heavy atom. The number of hydrogen-bond acceptors (Lipinski definition) is 5. The topological polar surface area (TPSA) is 92.3 Å². The van der Waals surface area contributed by atoms with Crippen LogP contribution in [0.1, 0.15) is 99.9 Å². The number of hydrogen-bond donors (Lipinski definition) is 2. The van der Waals surface area contributed by atoms with Gasteiger partial charge in [-0.1, -0.05) is 27.7 Å². The van der Waals surface area contributed by atoms with Crippen molar-refractivity contribution in [2.75, 3.05) is 8.79 Å². The summed E-state index contributed by atoms with van der Waals surface area (Å²) in [5.74, 6) is 0.551. The number of Topliss-reactive ketones (excluding diaryl/α,β-unsaturated/α-hetero) is 3. The van der Waals surface area contributed by atoms with Crippen LogP contribution in [0.15, 0.2) is 42.5 Å². The molecule has 39 heavy (non-hydrogen) atoms. The fourth-order valence-electron chi connectivity index (χ4n) is 3.83. The molecule has 2 rings (SSSR count). The number of carbonyl (C=O) groups is 4. The number of benzene rings is 2. The van der Waals surface area contributed by atoms with E-state index in [9.17, 15) is 19.2 Å². The van der Waals surface area contributed by atoms with Gasteiger partial charge >= 0.3 is 150 Å². The zero-order chi connectivity index (χ0) is 29.5. The number of ketones is 3. The average molecular weight is 645 g/mol. The Kier molecular flexibility index (Phi) is 15.9. The van der Waals surface area contributed by atoms with E-state index in [0.29, 0.717) is 24.8 Å². The molecule has 1 amide bonds. The van der Waals surface area contributed by atoms with Gasteiger partial charge < -0.3 is 0 Å². The molecule has 0 aromatic heterocycles. The molecule has 214 valence electrons. The smallest absolute Gasteiger partial charge is 0.0647 e. The van der Waals surface area contributed by atoms with Gasteiger partial charge in [-0.3, -0.25) is 9.59 Å². The van der Waals surface area contributed by atoms with E-state index in [1.54, 1.807) is 6.92 Å². The van der Waals surface area contributed by atoms with Gasteiger partial charge in [-0.25, -0.2) is 0 Å². The van der Waals surface area contributed by atoms with Gasteiger partial charge in [0, 0.05) is 18.8 Å². The van der Waals surface area contributed by atoms with Gasteiger partial charge in [-0.05, 0) is 26.2 Å². The van der Waals surface area contributed by atoms with E-state index >= 15 is 0 Å². The van der Waals surface area contributed by atoms with Crippen LogP contribution in [0.4, 0.5) is 11.4 Å². The Labute approximate surface area is 243 Å². The van der Waals surface area contributed by atoms with E-state index in [2.05, 4.69) is 18.5 Å². The zero-order valence-electron chi connectivity index (χ0n) is 25.0. The first-order valence-corrected chi connectivity index (χ1v) is 20.4. The Morgan fingerprint density at radius 3 is 2.13 bits per heavy atom. The summed E-state index contributed by atoms with van der Waals surface area (Å²) in [6.07, 6.45) is 4.42. The fraction of sp³-hybridized carbons (Fsp3) is 0.500. The molecule has 0 saturated heterocycles. The molecular weight excluding hydrogens is 598 g/mol. The van der Waals surface area contributed by atoms with Gasteiger partial charge in [0.25, 0.3) is 0 Å². The molecule has 7 heteroatoms. The molecule has 0 fully saturated rings. The Hall–Kier alpha value is -2.46. The van der Waals surface area contributed by atoms with Crippen molar-refractivity contribution in [3.63, 3.8) is 0 Å². The van der Waals surface area contributed by atoms with Gasteiger partial charge in [0.15, 0.2) is 0 Å². The summed E-state index contributed by atoms with van der Waals surface area (Å²) < 4.78 is 3.48. The van der Waals surface area contributed by atoms with Gasteiger partial charge in [0.05, 0.1) is 0 Å². The Balaban J connectivity index is 0.000000534. The van der Waals surface area contributed by atoms with Crippen LogP contribution >= 0.6 is 0 Å². The molecule has 0 saturated carbocycles. The maximum atomic E-state index is 12.6. The minimum Gasteiger partial charge on any atom is -0.0647 e. The van der Waals surface area contributed by atoms with Crippen LogP contribution in [-0.2, 0) is 16.0 Å². The molecule has 0 aliphatic rings. The van der Waals surface area contributed by atoms with Crippen LogP contribution in [0.25, 0.3) is 0 Å². The number of anilines is 2. The third-order valence-electron chi connectivity index (χ3n) is 6.63. The van der Waals surface area contributed by atoms with Crippen molar-refractivity contribution in [3.05, 3.63) is 59.2 Å². The maximum absolute atomic E-state index is 12.6. The summed E-state index contributed by atoms with van der Waals surface area (Å²) in [6.45, 7) is 11.5. The predicted molar refractivity (Wildman–Crippen MR) is 164 cm³/mol. The van der Waals surface area contributed by atoms with Crippen LogP contribution in [0, 0.1) is 11.8 Å². The van der Waals surface area contributed by atoms with Crippen molar-refractivity contribution in [1.29, 1.82) is 0 Å². The average Bonchev–Trinajstić information content (AvgIpc) is 2.90. The Morgan fingerprint density at radius 1 is 0.872 bits per heavy atom. The number of carbonyl (C=O) groups excluding carboxylic acids is 4. The van der Waals surface area contributed by atoms with Gasteiger partial charge in [-0.2, -0.15) is 0 Å². The normalized spacial score (nSPS) is 12.1. The molecule has 2 unspecified atom stereocenters. The molecule has 2 aromatic rings. The fourth-order valence-corrected chi connectivity index (χ4v) is 5.70. The molecular formula is C32H47N2O4Sb. The van der Waals surface area contributed by atoms with E-state index in [1.165, 1.54) is 0 Å². The molecule has 0 aliphatic carbocycles. The van der Waals surface area contributed by atoms with E-state index in [1.807, 2.05) is 77.1 Å². The molecule has 2 aromatic carbocycles. The third kappa shape index (κ3) is 12.5. The number of rotatable bonds is 14. The van der Waals surface area contributed by atoms with Crippen LogP contribution in [0.2, 0.25) is 9.74 Å². The predicted octanol–water partition coefficient (Wildman–Crippen LogP) is 7.75. The SMILES string of the molecule is CCCC(=O)CCC(C)C(C)=O.CCc1cc(NC(=O)c2cccc([NH][Sb]([CH3])[CH3])c2)ccc1C(=O)C(C)CC. The van der Waals surface area contributed by atoms with Gasteiger partial charge in [-0.15, -0.1) is 0 Å². The van der Waals surface area contributed by atoms with Gasteiger partial charge in [0.2, 0.25) is 0 Å². The molecule has 2 N–H and O–H groups in total. The van der Waals surface area contributed by atoms with Crippen molar-refractivity contribution in [2.24, 2.45) is 11.8 Å². The first-order chi connectivity index (χ1) is 18.4. The summed E-state index contributed by atoms with van der Waals surface area (Å²) in [5, 5.41) is 2.96. The van der Waals surface area contributed by atoms with Crippen LogP contribution in [-0.4, -0.2) is 43.7 Å². The molecule has 2 atom stereocenters. The van der Waals surface area contributed by atoms with Crippen molar-refractivity contribution in [3.8, 4) is 0 Å². The zero-order valence-corrected chi connectivity index (χ0v) is 27.6. The molecule has 0 bridgehead atoms. The molecule has 0 radical (unpaired) electrons. The minimum absolute atomic E-state index is 0.0108. The Bertz CT molecular complexity index is 1110. The summed E-state index contributed by atoms with van der Waals surface area (Å²) >= 11 is -1.37. The second-order valence-electron chi connectivity index (χ2n) is 10.3. The standard InChI is InChI=1S/C20H23N2O2.C10H18O2.2CH3.Sb/c1-4-13(3)19(23)18-10-9-17(12-14(18)5-2)22-20(24)15-7-6-8-16(21)11-15;1-4-5-10(12)7-6-8(2)9(3)11;;;/h6-13,21H,4-5H2,1-3H3,(H,22,23,24);8H,4-7H2,1-3H3;2*1H3;/q-1;;;;+1. The van der Waals surface area contributed by atoms with Crippen LogP contribution < -0.4 is 8.79 Å².